The van der Waals surface area contributed by atoms with Crippen LogP contribution in [0.4, 0.5) is 0 Å². The average Bonchev–Trinajstić information content (AvgIpc) is 1.83. The van der Waals surface area contributed by atoms with Crippen LogP contribution < -0.4 is 5.32 Å². The first-order chi connectivity index (χ1) is 4.95. The van der Waals surface area contributed by atoms with Crippen molar-refractivity contribution in [1.29, 1.82) is 0 Å². The predicted molar refractivity (Wildman–Crippen MR) is 55.4 cm³/mol. The molecule has 2 heteroatoms. The first-order valence-corrected chi connectivity index (χ1v) is 4.77. The van der Waals surface area contributed by atoms with Crippen molar-refractivity contribution in [2.45, 2.75) is 38.4 Å². The van der Waals surface area contributed by atoms with Gasteiger partial charge in [0.2, 0.25) is 0 Å². The van der Waals surface area contributed by atoms with Gasteiger partial charge < -0.3 is 5.32 Å². The third-order valence-corrected chi connectivity index (χ3v) is 2.03. The highest BCUT2D eigenvalue weighted by atomic mass is 32.1. The Kier molecular flexibility index (Phi) is 5.19. The number of hydrogen-bond donors (Lipinski definition) is 2. The zero-order valence-electron chi connectivity index (χ0n) is 8.15. The molecule has 1 nitrogen and oxygen atoms in total. The molecular weight excluding hydrogens is 154 g/mol. The van der Waals surface area contributed by atoms with Gasteiger partial charge in [-0.25, -0.2) is 0 Å². The summed E-state index contributed by atoms with van der Waals surface area (Å²) in [6.07, 6.45) is 2.45. The number of hydrogen-bond acceptors (Lipinski definition) is 2. The highest BCUT2D eigenvalue weighted by Gasteiger charge is 2.12. The van der Waals surface area contributed by atoms with Crippen LogP contribution in [-0.2, 0) is 0 Å². The Labute approximate surface area is 76.4 Å². The molecule has 0 bridgehead atoms. The van der Waals surface area contributed by atoms with E-state index in [1.54, 1.807) is 0 Å². The van der Waals surface area contributed by atoms with Crippen molar-refractivity contribution in [3.63, 3.8) is 0 Å². The van der Waals surface area contributed by atoms with Crippen molar-refractivity contribution < 1.29 is 0 Å². The van der Waals surface area contributed by atoms with Crippen molar-refractivity contribution in [1.82, 2.24) is 5.32 Å². The molecule has 1 N–H and O–H groups in total. The first kappa shape index (κ1) is 11.3. The molecule has 0 aromatic carbocycles. The zero-order valence-corrected chi connectivity index (χ0v) is 9.04. The van der Waals surface area contributed by atoms with Crippen LogP contribution in [-0.4, -0.2) is 18.3 Å². The fraction of sp³-hybridized carbons (Fsp3) is 1.00. The largest absolute Gasteiger partial charge is 0.319 e. The van der Waals surface area contributed by atoms with E-state index in [0.29, 0.717) is 0 Å². The third kappa shape index (κ3) is 8.21. The van der Waals surface area contributed by atoms with Crippen LogP contribution in [0.25, 0.3) is 0 Å². The van der Waals surface area contributed by atoms with E-state index in [1.807, 2.05) is 7.05 Å². The van der Waals surface area contributed by atoms with Crippen LogP contribution in [0.15, 0.2) is 0 Å². The van der Waals surface area contributed by atoms with Gasteiger partial charge >= 0.3 is 0 Å². The van der Waals surface area contributed by atoms with Gasteiger partial charge in [-0.2, -0.15) is 12.6 Å². The second kappa shape index (κ2) is 5.04. The summed E-state index contributed by atoms with van der Waals surface area (Å²) in [5.41, 5.74) is 0. The quantitative estimate of drug-likeness (QED) is 0.611. The second-order valence-corrected chi connectivity index (χ2v) is 5.22. The maximum Gasteiger partial charge on any atom is 0.00732 e. The molecular formula is C9H21NS. The van der Waals surface area contributed by atoms with Gasteiger partial charge in [-0.1, -0.05) is 20.8 Å². The normalized spacial score (nSPS) is 15.0. The van der Waals surface area contributed by atoms with E-state index in [4.69, 9.17) is 0 Å². The molecule has 0 aromatic rings. The Morgan fingerprint density at radius 1 is 1.45 bits per heavy atom. The summed E-state index contributed by atoms with van der Waals surface area (Å²) in [6, 6.07) is 0. The Morgan fingerprint density at radius 2 is 2.00 bits per heavy atom. The van der Waals surface area contributed by atoms with E-state index < -0.39 is 0 Å². The molecule has 0 rings (SSSR count). The molecule has 0 fully saturated rings. The highest BCUT2D eigenvalue weighted by molar-refractivity contribution is 7.81. The minimum Gasteiger partial charge on any atom is -0.319 e. The molecule has 0 aliphatic carbocycles. The van der Waals surface area contributed by atoms with E-state index >= 15 is 0 Å². The summed E-state index contributed by atoms with van der Waals surface area (Å²) in [5, 5.41) is 3.18. The molecule has 0 aromatic heterocycles. The van der Waals surface area contributed by atoms with Crippen molar-refractivity contribution in [3.8, 4) is 0 Å². The lowest BCUT2D eigenvalue weighted by molar-refractivity contribution is 0.456. The lowest BCUT2D eigenvalue weighted by Crippen LogP contribution is -2.19. The molecule has 0 saturated heterocycles. The minimum atomic E-state index is 0.196. The predicted octanol–water partition coefficient (Wildman–Crippen LogP) is 2.33. The van der Waals surface area contributed by atoms with Crippen LogP contribution in [0.3, 0.4) is 0 Å². The van der Waals surface area contributed by atoms with Crippen LogP contribution in [0.2, 0.25) is 0 Å². The summed E-state index contributed by atoms with van der Waals surface area (Å²) >= 11 is 4.48. The zero-order chi connectivity index (χ0) is 8.91. The Morgan fingerprint density at radius 3 is 2.36 bits per heavy atom. The van der Waals surface area contributed by atoms with Gasteiger partial charge in [-0.15, -0.1) is 0 Å². The van der Waals surface area contributed by atoms with Crippen molar-refractivity contribution in [3.05, 3.63) is 0 Å². The molecule has 68 valence electrons. The molecule has 0 aliphatic heterocycles. The first-order valence-electron chi connectivity index (χ1n) is 4.32. The number of nitrogens with one attached hydrogen (secondary N) is 1. The monoisotopic (exact) mass is 175 g/mol. The second-order valence-electron chi connectivity index (χ2n) is 4.01. The van der Waals surface area contributed by atoms with Gasteiger partial charge in [0.15, 0.2) is 0 Å². The summed E-state index contributed by atoms with van der Waals surface area (Å²) in [6.45, 7) is 7.73. The summed E-state index contributed by atoms with van der Waals surface area (Å²) < 4.78 is 0.196. The van der Waals surface area contributed by atoms with Gasteiger partial charge in [0.25, 0.3) is 0 Å². The van der Waals surface area contributed by atoms with Gasteiger partial charge in [0.05, 0.1) is 0 Å². The van der Waals surface area contributed by atoms with Gasteiger partial charge in [-0.05, 0) is 32.4 Å². The highest BCUT2D eigenvalue weighted by Crippen LogP contribution is 2.21. The minimum absolute atomic E-state index is 0.196. The summed E-state index contributed by atoms with van der Waals surface area (Å²) in [4.78, 5) is 0. The standard InChI is InChI=1S/C9H21NS/c1-8(7-10-4)5-6-9(2,3)11/h8,10-11H,5-7H2,1-4H3. The molecule has 1 atom stereocenters. The summed E-state index contributed by atoms with van der Waals surface area (Å²) in [7, 11) is 2.00. The maximum absolute atomic E-state index is 4.48. The average molecular weight is 175 g/mol. The molecule has 0 heterocycles. The van der Waals surface area contributed by atoms with Crippen LogP contribution in [0, 0.1) is 5.92 Å². The van der Waals surface area contributed by atoms with Crippen LogP contribution in [0.5, 0.6) is 0 Å². The van der Waals surface area contributed by atoms with E-state index in [-0.39, 0.29) is 4.75 Å². The SMILES string of the molecule is CNCC(C)CCC(C)(C)S. The van der Waals surface area contributed by atoms with Crippen molar-refractivity contribution in [2.75, 3.05) is 13.6 Å². The number of rotatable bonds is 5. The summed E-state index contributed by atoms with van der Waals surface area (Å²) in [5.74, 6) is 0.770. The lowest BCUT2D eigenvalue weighted by Gasteiger charge is -2.19. The van der Waals surface area contributed by atoms with Crippen LogP contribution >= 0.6 is 12.6 Å². The molecule has 0 saturated carbocycles. The van der Waals surface area contributed by atoms with Crippen molar-refractivity contribution >= 4 is 12.6 Å². The van der Waals surface area contributed by atoms with E-state index in [2.05, 4.69) is 38.7 Å². The topological polar surface area (TPSA) is 12.0 Å². The Hall–Kier alpha value is 0.310. The number of thiol groups is 1. The Balaban J connectivity index is 3.38. The van der Waals surface area contributed by atoms with Crippen LogP contribution in [0.1, 0.15) is 33.6 Å². The maximum atomic E-state index is 4.48. The van der Waals surface area contributed by atoms with E-state index in [9.17, 15) is 0 Å². The Bertz CT molecular complexity index is 96.2. The van der Waals surface area contributed by atoms with Gasteiger partial charge in [-0.3, -0.25) is 0 Å². The van der Waals surface area contributed by atoms with E-state index in [0.717, 1.165) is 12.5 Å². The fourth-order valence-electron chi connectivity index (χ4n) is 1.05. The van der Waals surface area contributed by atoms with E-state index in [1.165, 1.54) is 12.8 Å². The molecule has 0 aliphatic rings. The van der Waals surface area contributed by atoms with Gasteiger partial charge in [0.1, 0.15) is 0 Å². The molecule has 0 amide bonds. The molecule has 0 radical (unpaired) electrons. The lowest BCUT2D eigenvalue weighted by atomic mass is 9.99. The van der Waals surface area contributed by atoms with Gasteiger partial charge in [0, 0.05) is 4.75 Å². The fourth-order valence-corrected chi connectivity index (χ4v) is 1.18. The molecule has 1 unspecified atom stereocenters. The smallest absolute Gasteiger partial charge is 0.00732 e. The van der Waals surface area contributed by atoms with Crippen molar-refractivity contribution in [2.24, 2.45) is 5.92 Å². The third-order valence-electron chi connectivity index (χ3n) is 1.80. The molecule has 0 spiro atoms. The molecule has 11 heavy (non-hydrogen) atoms.